The summed E-state index contributed by atoms with van der Waals surface area (Å²) in [5, 5.41) is 3.26. The summed E-state index contributed by atoms with van der Waals surface area (Å²) < 4.78 is 25.5. The lowest BCUT2D eigenvalue weighted by molar-refractivity contribution is -0.129. The number of imidazole rings is 1. The smallest absolute Gasteiger partial charge is 0.242 e. The predicted octanol–water partition coefficient (Wildman–Crippen LogP) is 1.96. The maximum atomic E-state index is 13.0. The van der Waals surface area contributed by atoms with E-state index in [0.717, 1.165) is 24.3 Å². The number of benzene rings is 1. The topological polar surface area (TPSA) is 113 Å². The van der Waals surface area contributed by atoms with E-state index in [9.17, 15) is 13.2 Å². The quantitative estimate of drug-likeness (QED) is 0.436. The number of pyridine rings is 1. The minimum absolute atomic E-state index is 0.00163. The van der Waals surface area contributed by atoms with E-state index in [2.05, 4.69) is 25.2 Å². The van der Waals surface area contributed by atoms with E-state index < -0.39 is 9.84 Å². The summed E-state index contributed by atoms with van der Waals surface area (Å²) in [6.07, 6.45) is 9.78. The van der Waals surface area contributed by atoms with Crippen LogP contribution in [0, 0.1) is 0 Å². The first-order valence-electron chi connectivity index (χ1n) is 11.2. The highest BCUT2D eigenvalue weighted by molar-refractivity contribution is 7.90. The third kappa shape index (κ3) is 4.80. The van der Waals surface area contributed by atoms with Crippen LogP contribution in [0.3, 0.4) is 0 Å². The molecule has 180 valence electrons. The molecule has 1 amide bonds. The van der Waals surface area contributed by atoms with Crippen molar-refractivity contribution in [3.05, 3.63) is 67.4 Å². The molecule has 1 saturated heterocycles. The zero-order chi connectivity index (χ0) is 24.4. The van der Waals surface area contributed by atoms with Crippen LogP contribution in [-0.2, 0) is 14.6 Å². The molecule has 0 atom stereocenters. The van der Waals surface area contributed by atoms with Gasteiger partial charge in [-0.3, -0.25) is 19.2 Å². The fraction of sp³-hybridized carbons (Fsp3) is 0.250. The molecule has 0 aliphatic carbocycles. The van der Waals surface area contributed by atoms with Crippen LogP contribution in [0.15, 0.2) is 72.3 Å². The number of hydrogen-bond donors (Lipinski definition) is 1. The molecule has 1 aliphatic rings. The number of nitrogens with zero attached hydrogens (tertiary/aromatic N) is 6. The lowest BCUT2D eigenvalue weighted by Gasteiger charge is -2.36. The standard InChI is InChI=1S/C24H25N7O3S/c1-35(33,34)20-4-2-18(3-5-20)23-24(31-11-10-26-16-21(31)28-23)27-17-22(32)30-14-12-29(13-15-30)19-6-8-25-9-7-19/h2-11,16,27H,12-15,17H2,1H3. The van der Waals surface area contributed by atoms with Crippen molar-refractivity contribution >= 4 is 32.9 Å². The van der Waals surface area contributed by atoms with Crippen LogP contribution < -0.4 is 10.2 Å². The maximum absolute atomic E-state index is 13.0. The number of sulfone groups is 1. The molecular weight excluding hydrogens is 466 g/mol. The zero-order valence-corrected chi connectivity index (χ0v) is 20.0. The van der Waals surface area contributed by atoms with Crippen molar-refractivity contribution in [1.29, 1.82) is 0 Å². The predicted molar refractivity (Wildman–Crippen MR) is 133 cm³/mol. The number of aromatic nitrogens is 4. The normalized spacial score (nSPS) is 14.3. The molecule has 11 heteroatoms. The van der Waals surface area contributed by atoms with E-state index in [4.69, 9.17) is 0 Å². The number of piperazine rings is 1. The van der Waals surface area contributed by atoms with Gasteiger partial charge in [0.15, 0.2) is 15.5 Å². The van der Waals surface area contributed by atoms with Gasteiger partial charge < -0.3 is 15.1 Å². The number of carbonyl (C=O) groups is 1. The Morgan fingerprint density at radius 3 is 2.37 bits per heavy atom. The van der Waals surface area contributed by atoms with Gasteiger partial charge >= 0.3 is 0 Å². The first-order chi connectivity index (χ1) is 16.9. The Morgan fingerprint density at radius 2 is 1.69 bits per heavy atom. The molecule has 0 unspecified atom stereocenters. The van der Waals surface area contributed by atoms with E-state index in [-0.39, 0.29) is 17.3 Å². The van der Waals surface area contributed by atoms with Crippen LogP contribution >= 0.6 is 0 Å². The van der Waals surface area contributed by atoms with Crippen LogP contribution in [0.4, 0.5) is 11.5 Å². The van der Waals surface area contributed by atoms with Gasteiger partial charge in [0.2, 0.25) is 5.91 Å². The van der Waals surface area contributed by atoms with Gasteiger partial charge in [-0.25, -0.2) is 13.4 Å². The summed E-state index contributed by atoms with van der Waals surface area (Å²) in [5.74, 6) is 0.653. The van der Waals surface area contributed by atoms with Crippen molar-refractivity contribution in [2.24, 2.45) is 0 Å². The second kappa shape index (κ2) is 9.34. The zero-order valence-electron chi connectivity index (χ0n) is 19.2. The number of carbonyl (C=O) groups excluding carboxylic acids is 1. The van der Waals surface area contributed by atoms with Crippen molar-refractivity contribution in [3.8, 4) is 11.3 Å². The van der Waals surface area contributed by atoms with E-state index in [1.165, 1.54) is 6.26 Å². The summed E-state index contributed by atoms with van der Waals surface area (Å²) in [7, 11) is -3.30. The molecule has 4 aromatic rings. The van der Waals surface area contributed by atoms with Crippen LogP contribution in [0.1, 0.15) is 0 Å². The van der Waals surface area contributed by atoms with Crippen LogP contribution in [0.5, 0.6) is 0 Å². The molecule has 5 rings (SSSR count). The van der Waals surface area contributed by atoms with Crippen LogP contribution in [-0.4, -0.2) is 77.6 Å². The maximum Gasteiger partial charge on any atom is 0.242 e. The highest BCUT2D eigenvalue weighted by Gasteiger charge is 2.22. The Kier molecular flexibility index (Phi) is 6.08. The Bertz CT molecular complexity index is 1450. The SMILES string of the molecule is CS(=O)(=O)c1ccc(-c2nc3cnccn3c2NCC(=O)N2CCN(c3ccncc3)CC2)cc1. The van der Waals surface area contributed by atoms with Gasteiger partial charge in [-0.05, 0) is 24.3 Å². The lowest BCUT2D eigenvalue weighted by Crippen LogP contribution is -2.50. The largest absolute Gasteiger partial charge is 0.368 e. The summed E-state index contributed by atoms with van der Waals surface area (Å²) >= 11 is 0. The van der Waals surface area contributed by atoms with Crippen molar-refractivity contribution in [2.75, 3.05) is 49.2 Å². The molecule has 0 spiro atoms. The molecule has 10 nitrogen and oxygen atoms in total. The molecular formula is C24H25N7O3S. The van der Waals surface area contributed by atoms with E-state index in [0.29, 0.717) is 30.2 Å². The number of hydrogen-bond acceptors (Lipinski definition) is 8. The lowest BCUT2D eigenvalue weighted by atomic mass is 10.1. The van der Waals surface area contributed by atoms with Gasteiger partial charge in [-0.15, -0.1) is 0 Å². The second-order valence-corrected chi connectivity index (χ2v) is 10.4. The summed E-state index contributed by atoms with van der Waals surface area (Å²) in [6.45, 7) is 2.91. The van der Waals surface area contributed by atoms with Gasteiger partial charge in [-0.1, -0.05) is 12.1 Å². The molecule has 4 heterocycles. The molecule has 3 aromatic heterocycles. The number of amides is 1. The third-order valence-corrected chi connectivity index (χ3v) is 7.18. The summed E-state index contributed by atoms with van der Waals surface area (Å²) in [6, 6.07) is 10.5. The highest BCUT2D eigenvalue weighted by atomic mass is 32.2. The molecule has 0 radical (unpaired) electrons. The van der Waals surface area contributed by atoms with Crippen molar-refractivity contribution in [2.45, 2.75) is 4.90 Å². The van der Waals surface area contributed by atoms with E-state index in [1.54, 1.807) is 55.2 Å². The molecule has 1 aromatic carbocycles. The Labute approximate surface area is 203 Å². The van der Waals surface area contributed by atoms with Gasteiger partial charge in [0.1, 0.15) is 11.5 Å². The van der Waals surface area contributed by atoms with Crippen molar-refractivity contribution < 1.29 is 13.2 Å². The molecule has 1 fully saturated rings. The van der Waals surface area contributed by atoms with Gasteiger partial charge in [0.25, 0.3) is 0 Å². The average Bonchev–Trinajstić information content (AvgIpc) is 3.26. The van der Waals surface area contributed by atoms with E-state index >= 15 is 0 Å². The average molecular weight is 492 g/mol. The molecule has 1 aliphatic heterocycles. The Hall–Kier alpha value is -3.99. The van der Waals surface area contributed by atoms with Crippen LogP contribution in [0.2, 0.25) is 0 Å². The molecule has 0 bridgehead atoms. The highest BCUT2D eigenvalue weighted by Crippen LogP contribution is 2.29. The van der Waals surface area contributed by atoms with Gasteiger partial charge in [0.05, 0.1) is 17.6 Å². The monoisotopic (exact) mass is 491 g/mol. The first-order valence-corrected chi connectivity index (χ1v) is 13.1. The molecule has 0 saturated carbocycles. The summed E-state index contributed by atoms with van der Waals surface area (Å²) in [4.78, 5) is 30.2. The molecule has 1 N–H and O–H groups in total. The first kappa shape index (κ1) is 22.8. The van der Waals surface area contributed by atoms with Crippen LogP contribution in [0.25, 0.3) is 16.9 Å². The van der Waals surface area contributed by atoms with Gasteiger partial charge in [0, 0.05) is 68.5 Å². The fourth-order valence-corrected chi connectivity index (χ4v) is 4.81. The van der Waals surface area contributed by atoms with Crippen molar-refractivity contribution in [3.63, 3.8) is 0 Å². The second-order valence-electron chi connectivity index (χ2n) is 8.34. The number of anilines is 2. The summed E-state index contributed by atoms with van der Waals surface area (Å²) in [5.41, 5.74) is 3.09. The Morgan fingerprint density at radius 1 is 0.971 bits per heavy atom. The number of rotatable bonds is 6. The number of nitrogens with one attached hydrogen (secondary N) is 1. The van der Waals surface area contributed by atoms with Crippen molar-refractivity contribution in [1.82, 2.24) is 24.3 Å². The molecule has 35 heavy (non-hydrogen) atoms. The van der Waals surface area contributed by atoms with E-state index in [1.807, 2.05) is 21.4 Å². The minimum atomic E-state index is -3.30. The Balaban J connectivity index is 1.32. The minimum Gasteiger partial charge on any atom is -0.368 e. The van der Waals surface area contributed by atoms with Gasteiger partial charge in [-0.2, -0.15) is 0 Å². The number of fused-ring (bicyclic) bond motifs is 1. The third-order valence-electron chi connectivity index (χ3n) is 6.05. The fourth-order valence-electron chi connectivity index (χ4n) is 4.18.